The standard InChI is InChI=1S/C19H24N4OS/c24-19(21-10-15-25-17-6-2-1-3-7-17)16-22-11-13-23(14-12-22)18-8-4-5-9-20-18/h1-9H,10-16H2,(H,21,24). The largest absolute Gasteiger partial charge is 0.354 e. The Kier molecular flexibility index (Phi) is 6.71. The van der Waals surface area contributed by atoms with Gasteiger partial charge in [0.2, 0.25) is 5.91 Å². The number of anilines is 1. The molecule has 0 atom stereocenters. The molecular formula is C19H24N4OS. The minimum Gasteiger partial charge on any atom is -0.354 e. The molecule has 5 nitrogen and oxygen atoms in total. The van der Waals surface area contributed by atoms with Gasteiger partial charge in [0, 0.05) is 49.6 Å². The van der Waals surface area contributed by atoms with Crippen LogP contribution in [0, 0.1) is 0 Å². The number of benzene rings is 1. The highest BCUT2D eigenvalue weighted by molar-refractivity contribution is 7.99. The van der Waals surface area contributed by atoms with Gasteiger partial charge >= 0.3 is 0 Å². The van der Waals surface area contributed by atoms with Crippen LogP contribution >= 0.6 is 11.8 Å². The molecule has 6 heteroatoms. The molecule has 1 aromatic heterocycles. The Hall–Kier alpha value is -2.05. The third-order valence-electron chi connectivity index (χ3n) is 4.15. The fourth-order valence-corrected chi connectivity index (χ4v) is 3.60. The van der Waals surface area contributed by atoms with Crippen molar-refractivity contribution in [3.05, 3.63) is 54.7 Å². The summed E-state index contributed by atoms with van der Waals surface area (Å²) in [6.45, 7) is 4.78. The smallest absolute Gasteiger partial charge is 0.234 e. The lowest BCUT2D eigenvalue weighted by Gasteiger charge is -2.34. The number of amides is 1. The number of hydrogen-bond donors (Lipinski definition) is 1. The second kappa shape index (κ2) is 9.44. The van der Waals surface area contributed by atoms with Crippen LogP contribution in [0.4, 0.5) is 5.82 Å². The van der Waals surface area contributed by atoms with Gasteiger partial charge < -0.3 is 10.2 Å². The lowest BCUT2D eigenvalue weighted by Crippen LogP contribution is -2.49. The highest BCUT2D eigenvalue weighted by Gasteiger charge is 2.19. The zero-order valence-electron chi connectivity index (χ0n) is 14.3. The van der Waals surface area contributed by atoms with Gasteiger partial charge in [0.25, 0.3) is 0 Å². The quantitative estimate of drug-likeness (QED) is 0.608. The fraction of sp³-hybridized carbons (Fsp3) is 0.368. The van der Waals surface area contributed by atoms with E-state index in [0.717, 1.165) is 37.7 Å². The number of carbonyl (C=O) groups is 1. The molecule has 1 aliphatic rings. The van der Waals surface area contributed by atoms with Crippen molar-refractivity contribution >= 4 is 23.5 Å². The van der Waals surface area contributed by atoms with Crippen molar-refractivity contribution in [2.24, 2.45) is 0 Å². The highest BCUT2D eigenvalue weighted by Crippen LogP contribution is 2.15. The van der Waals surface area contributed by atoms with Gasteiger partial charge in [-0.15, -0.1) is 11.8 Å². The molecule has 1 fully saturated rings. The van der Waals surface area contributed by atoms with Crippen LogP contribution in [-0.4, -0.2) is 60.8 Å². The summed E-state index contributed by atoms with van der Waals surface area (Å²) in [5.74, 6) is 2.02. The van der Waals surface area contributed by atoms with Crippen LogP contribution in [0.15, 0.2) is 59.6 Å². The summed E-state index contributed by atoms with van der Waals surface area (Å²) in [5, 5.41) is 3.02. The van der Waals surface area contributed by atoms with Crippen LogP contribution in [0.1, 0.15) is 0 Å². The van der Waals surface area contributed by atoms with Gasteiger partial charge in [-0.3, -0.25) is 9.69 Å². The van der Waals surface area contributed by atoms with E-state index >= 15 is 0 Å². The summed E-state index contributed by atoms with van der Waals surface area (Å²) < 4.78 is 0. The maximum atomic E-state index is 12.1. The van der Waals surface area contributed by atoms with Gasteiger partial charge in [-0.1, -0.05) is 24.3 Å². The Morgan fingerprint density at radius 1 is 1.04 bits per heavy atom. The normalized spacial score (nSPS) is 15.1. The number of nitrogens with one attached hydrogen (secondary N) is 1. The molecule has 0 saturated carbocycles. The number of pyridine rings is 1. The Labute approximate surface area is 153 Å². The number of rotatable bonds is 7. The van der Waals surface area contributed by atoms with E-state index in [1.165, 1.54) is 4.90 Å². The molecule has 0 spiro atoms. The molecule has 3 rings (SSSR count). The van der Waals surface area contributed by atoms with Crippen molar-refractivity contribution in [1.82, 2.24) is 15.2 Å². The van der Waals surface area contributed by atoms with Gasteiger partial charge in [0.15, 0.2) is 0 Å². The number of thioether (sulfide) groups is 1. The first-order chi connectivity index (χ1) is 12.3. The van der Waals surface area contributed by atoms with E-state index in [1.54, 1.807) is 11.8 Å². The van der Waals surface area contributed by atoms with E-state index < -0.39 is 0 Å². The second-order valence-corrected chi connectivity index (χ2v) is 7.13. The SMILES string of the molecule is O=C(CN1CCN(c2ccccn2)CC1)NCCSc1ccccc1. The molecule has 0 bridgehead atoms. The molecule has 0 radical (unpaired) electrons. The Morgan fingerprint density at radius 2 is 1.80 bits per heavy atom. The van der Waals surface area contributed by atoms with Gasteiger partial charge in [-0.2, -0.15) is 0 Å². The molecule has 2 aromatic rings. The minimum atomic E-state index is 0.111. The second-order valence-electron chi connectivity index (χ2n) is 5.96. The molecule has 1 aliphatic heterocycles. The van der Waals surface area contributed by atoms with Crippen molar-refractivity contribution in [3.63, 3.8) is 0 Å². The lowest BCUT2D eigenvalue weighted by atomic mass is 10.3. The Bertz CT molecular complexity index is 645. The van der Waals surface area contributed by atoms with Gasteiger partial charge in [-0.05, 0) is 24.3 Å². The van der Waals surface area contributed by atoms with Crippen molar-refractivity contribution < 1.29 is 4.79 Å². The number of nitrogens with zero attached hydrogens (tertiary/aromatic N) is 3. The van der Waals surface area contributed by atoms with Crippen LogP contribution in [0.2, 0.25) is 0 Å². The highest BCUT2D eigenvalue weighted by atomic mass is 32.2. The summed E-state index contributed by atoms with van der Waals surface area (Å²) in [5.41, 5.74) is 0. The molecule has 1 N–H and O–H groups in total. The molecule has 132 valence electrons. The maximum absolute atomic E-state index is 12.1. The summed E-state index contributed by atoms with van der Waals surface area (Å²) in [4.78, 5) is 22.2. The van der Waals surface area contributed by atoms with E-state index in [0.29, 0.717) is 13.1 Å². The zero-order chi connectivity index (χ0) is 17.3. The third kappa shape index (κ3) is 5.76. The molecule has 25 heavy (non-hydrogen) atoms. The lowest BCUT2D eigenvalue weighted by molar-refractivity contribution is -0.122. The first-order valence-electron chi connectivity index (χ1n) is 8.64. The molecule has 0 aliphatic carbocycles. The van der Waals surface area contributed by atoms with Crippen molar-refractivity contribution in [2.75, 3.05) is 49.9 Å². The minimum absolute atomic E-state index is 0.111. The third-order valence-corrected chi connectivity index (χ3v) is 5.16. The molecule has 2 heterocycles. The van der Waals surface area contributed by atoms with Crippen molar-refractivity contribution in [2.45, 2.75) is 4.90 Å². The summed E-state index contributed by atoms with van der Waals surface area (Å²) in [6.07, 6.45) is 1.82. The van der Waals surface area contributed by atoms with E-state index in [1.807, 2.05) is 42.6 Å². The van der Waals surface area contributed by atoms with Crippen LogP contribution in [0.25, 0.3) is 0 Å². The molecule has 0 unspecified atom stereocenters. The molecular weight excluding hydrogens is 332 g/mol. The molecule has 1 aromatic carbocycles. The van der Waals surface area contributed by atoms with Crippen LogP contribution in [0.5, 0.6) is 0 Å². The fourth-order valence-electron chi connectivity index (χ4n) is 2.81. The van der Waals surface area contributed by atoms with E-state index in [2.05, 4.69) is 32.2 Å². The van der Waals surface area contributed by atoms with Crippen LogP contribution in [0.3, 0.4) is 0 Å². The van der Waals surface area contributed by atoms with E-state index in [9.17, 15) is 4.79 Å². The number of hydrogen-bond acceptors (Lipinski definition) is 5. The van der Waals surface area contributed by atoms with Crippen LogP contribution in [-0.2, 0) is 4.79 Å². The number of aromatic nitrogens is 1. The zero-order valence-corrected chi connectivity index (χ0v) is 15.1. The Balaban J connectivity index is 1.31. The summed E-state index contributed by atoms with van der Waals surface area (Å²) in [7, 11) is 0. The van der Waals surface area contributed by atoms with Gasteiger partial charge in [-0.25, -0.2) is 4.98 Å². The topological polar surface area (TPSA) is 48.5 Å². The first-order valence-corrected chi connectivity index (χ1v) is 9.63. The van der Waals surface area contributed by atoms with Crippen molar-refractivity contribution in [1.29, 1.82) is 0 Å². The van der Waals surface area contributed by atoms with Crippen LogP contribution < -0.4 is 10.2 Å². The summed E-state index contributed by atoms with van der Waals surface area (Å²) in [6, 6.07) is 16.2. The predicted molar refractivity (Wildman–Crippen MR) is 103 cm³/mol. The number of carbonyl (C=O) groups excluding carboxylic acids is 1. The van der Waals surface area contributed by atoms with Gasteiger partial charge in [0.05, 0.1) is 6.54 Å². The molecule has 1 amide bonds. The first kappa shape index (κ1) is 17.8. The van der Waals surface area contributed by atoms with Gasteiger partial charge in [0.1, 0.15) is 5.82 Å². The monoisotopic (exact) mass is 356 g/mol. The van der Waals surface area contributed by atoms with E-state index in [-0.39, 0.29) is 5.91 Å². The average Bonchev–Trinajstić information content (AvgIpc) is 2.67. The predicted octanol–water partition coefficient (Wildman–Crippen LogP) is 2.11. The molecule has 1 saturated heterocycles. The van der Waals surface area contributed by atoms with Crippen molar-refractivity contribution in [3.8, 4) is 0 Å². The van der Waals surface area contributed by atoms with E-state index in [4.69, 9.17) is 0 Å². The average molecular weight is 356 g/mol. The Morgan fingerprint density at radius 3 is 2.52 bits per heavy atom. The maximum Gasteiger partial charge on any atom is 0.234 e. The number of piperazine rings is 1. The summed E-state index contributed by atoms with van der Waals surface area (Å²) >= 11 is 1.76.